The monoisotopic (exact) mass is 186 g/mol. The molecule has 0 heterocycles. The topological polar surface area (TPSA) is 0 Å². The molecule has 0 amide bonds. The zero-order valence-corrected chi connectivity index (χ0v) is 9.54. The van der Waals surface area contributed by atoms with Crippen molar-refractivity contribution in [2.45, 2.75) is 52.9 Å². The molecule has 0 radical (unpaired) electrons. The van der Waals surface area contributed by atoms with Crippen molar-refractivity contribution in [1.29, 1.82) is 0 Å². The van der Waals surface area contributed by atoms with Gasteiger partial charge in [0, 0.05) is 0 Å². The molecule has 12 heavy (non-hydrogen) atoms. The van der Waals surface area contributed by atoms with E-state index in [0.717, 1.165) is 0 Å². The van der Waals surface area contributed by atoms with E-state index in [1.807, 2.05) is 11.8 Å². The molecule has 0 unspecified atom stereocenters. The van der Waals surface area contributed by atoms with Crippen LogP contribution in [0.3, 0.4) is 0 Å². The summed E-state index contributed by atoms with van der Waals surface area (Å²) in [5, 5.41) is 0. The number of allylic oxidation sites excluding steroid dienone is 2. The summed E-state index contributed by atoms with van der Waals surface area (Å²) in [6, 6.07) is 0. The van der Waals surface area contributed by atoms with Crippen LogP contribution in [-0.2, 0) is 0 Å². The van der Waals surface area contributed by atoms with Gasteiger partial charge in [0.2, 0.25) is 0 Å². The fourth-order valence-electron chi connectivity index (χ4n) is 1.20. The van der Waals surface area contributed by atoms with Crippen molar-refractivity contribution < 1.29 is 0 Å². The molecular weight excluding hydrogens is 164 g/mol. The molecule has 0 aromatic heterocycles. The van der Waals surface area contributed by atoms with Crippen LogP contribution >= 0.6 is 11.8 Å². The first-order valence-electron chi connectivity index (χ1n) is 5.16. The van der Waals surface area contributed by atoms with Gasteiger partial charge in [-0.15, -0.1) is 11.8 Å². The summed E-state index contributed by atoms with van der Waals surface area (Å²) >= 11 is 2.01. The molecule has 72 valence electrons. The van der Waals surface area contributed by atoms with Gasteiger partial charge in [-0.05, 0) is 29.9 Å². The summed E-state index contributed by atoms with van der Waals surface area (Å²) in [4.78, 5) is 1.61. The Kier molecular flexibility index (Phi) is 9.25. The van der Waals surface area contributed by atoms with E-state index < -0.39 is 0 Å². The van der Waals surface area contributed by atoms with Crippen LogP contribution in [0.2, 0.25) is 0 Å². The van der Waals surface area contributed by atoms with Crippen molar-refractivity contribution >= 4 is 11.8 Å². The van der Waals surface area contributed by atoms with E-state index in [1.54, 1.807) is 4.91 Å². The summed E-state index contributed by atoms with van der Waals surface area (Å²) in [7, 11) is 0. The Balaban J connectivity index is 3.56. The summed E-state index contributed by atoms with van der Waals surface area (Å²) in [5.41, 5.74) is 0. The van der Waals surface area contributed by atoms with E-state index >= 15 is 0 Å². The SMILES string of the molecule is CC/C=C(/CCCCC)SCC. The minimum Gasteiger partial charge on any atom is -0.131 e. The molecule has 0 spiro atoms. The van der Waals surface area contributed by atoms with E-state index in [9.17, 15) is 0 Å². The van der Waals surface area contributed by atoms with Crippen molar-refractivity contribution in [2.75, 3.05) is 5.75 Å². The predicted molar refractivity (Wildman–Crippen MR) is 60.6 cm³/mol. The third-order valence-electron chi connectivity index (χ3n) is 1.79. The van der Waals surface area contributed by atoms with E-state index in [-0.39, 0.29) is 0 Å². The largest absolute Gasteiger partial charge is 0.131 e. The lowest BCUT2D eigenvalue weighted by atomic mass is 10.2. The zero-order chi connectivity index (χ0) is 9.23. The maximum absolute atomic E-state index is 2.38. The summed E-state index contributed by atoms with van der Waals surface area (Å²) in [5.74, 6) is 1.22. The second-order valence-corrected chi connectivity index (χ2v) is 4.36. The number of unbranched alkanes of at least 4 members (excludes halogenated alkanes) is 2. The molecule has 0 bridgehead atoms. The molecular formula is C11H22S. The van der Waals surface area contributed by atoms with Crippen LogP contribution in [0.1, 0.15) is 52.9 Å². The van der Waals surface area contributed by atoms with E-state index in [4.69, 9.17) is 0 Å². The average molecular weight is 186 g/mol. The first-order chi connectivity index (χ1) is 5.85. The fraction of sp³-hybridized carbons (Fsp3) is 0.818. The van der Waals surface area contributed by atoms with Crippen molar-refractivity contribution in [2.24, 2.45) is 0 Å². The third-order valence-corrected chi connectivity index (χ3v) is 2.82. The highest BCUT2D eigenvalue weighted by Crippen LogP contribution is 2.22. The van der Waals surface area contributed by atoms with E-state index in [2.05, 4.69) is 26.8 Å². The standard InChI is InChI=1S/C11H22S/c1-4-7-8-10-11(9-5-2)12-6-3/h9H,4-8,10H2,1-3H3/b11-9-. The summed E-state index contributed by atoms with van der Waals surface area (Å²) in [6.45, 7) is 6.71. The Morgan fingerprint density at radius 1 is 1.17 bits per heavy atom. The molecule has 0 aromatic carbocycles. The second kappa shape index (κ2) is 9.18. The molecule has 0 rings (SSSR count). The molecule has 0 saturated heterocycles. The molecule has 0 fully saturated rings. The van der Waals surface area contributed by atoms with Gasteiger partial charge in [0.05, 0.1) is 0 Å². The van der Waals surface area contributed by atoms with Crippen LogP contribution in [0.4, 0.5) is 0 Å². The van der Waals surface area contributed by atoms with Gasteiger partial charge in [0.15, 0.2) is 0 Å². The highest BCUT2D eigenvalue weighted by Gasteiger charge is 1.95. The quantitative estimate of drug-likeness (QED) is 0.523. The smallest absolute Gasteiger partial charge is 0.00518 e. The van der Waals surface area contributed by atoms with E-state index in [1.165, 1.54) is 37.9 Å². The van der Waals surface area contributed by atoms with Crippen molar-refractivity contribution in [3.63, 3.8) is 0 Å². The van der Waals surface area contributed by atoms with Crippen LogP contribution in [-0.4, -0.2) is 5.75 Å². The lowest BCUT2D eigenvalue weighted by Crippen LogP contribution is -1.81. The van der Waals surface area contributed by atoms with Crippen LogP contribution in [0.5, 0.6) is 0 Å². The van der Waals surface area contributed by atoms with Gasteiger partial charge in [-0.1, -0.05) is 39.7 Å². The maximum Gasteiger partial charge on any atom is -0.00518 e. The predicted octanol–water partition coefficient (Wildman–Crippen LogP) is 4.61. The fourth-order valence-corrected chi connectivity index (χ4v) is 2.14. The molecule has 0 atom stereocenters. The second-order valence-electron chi connectivity index (χ2n) is 2.97. The molecule has 1 heteroatoms. The zero-order valence-electron chi connectivity index (χ0n) is 8.73. The van der Waals surface area contributed by atoms with Gasteiger partial charge in [-0.3, -0.25) is 0 Å². The van der Waals surface area contributed by atoms with Gasteiger partial charge < -0.3 is 0 Å². The number of hydrogen-bond acceptors (Lipinski definition) is 1. The van der Waals surface area contributed by atoms with Crippen LogP contribution < -0.4 is 0 Å². The van der Waals surface area contributed by atoms with Gasteiger partial charge in [-0.2, -0.15) is 0 Å². The first-order valence-corrected chi connectivity index (χ1v) is 6.15. The Bertz CT molecular complexity index is 116. The minimum atomic E-state index is 1.19. The molecule has 0 saturated carbocycles. The van der Waals surface area contributed by atoms with Gasteiger partial charge in [0.1, 0.15) is 0 Å². The van der Waals surface area contributed by atoms with Gasteiger partial charge in [0.25, 0.3) is 0 Å². The van der Waals surface area contributed by atoms with Crippen molar-refractivity contribution in [1.82, 2.24) is 0 Å². The lowest BCUT2D eigenvalue weighted by molar-refractivity contribution is 0.724. The van der Waals surface area contributed by atoms with E-state index in [0.29, 0.717) is 0 Å². The van der Waals surface area contributed by atoms with Crippen LogP contribution in [0.25, 0.3) is 0 Å². The average Bonchev–Trinajstić information content (AvgIpc) is 2.06. The molecule has 0 aromatic rings. The third kappa shape index (κ3) is 6.78. The molecule has 0 aliphatic heterocycles. The normalized spacial score (nSPS) is 12.1. The minimum absolute atomic E-state index is 1.19. The number of rotatable bonds is 7. The summed E-state index contributed by atoms with van der Waals surface area (Å²) < 4.78 is 0. The number of hydrogen-bond donors (Lipinski definition) is 0. The van der Waals surface area contributed by atoms with Crippen LogP contribution in [0.15, 0.2) is 11.0 Å². The molecule has 0 aliphatic rings. The van der Waals surface area contributed by atoms with Gasteiger partial charge in [-0.25, -0.2) is 0 Å². The Labute approximate surface area is 81.8 Å². The summed E-state index contributed by atoms with van der Waals surface area (Å²) in [6.07, 6.45) is 8.95. The maximum atomic E-state index is 2.38. The number of thioether (sulfide) groups is 1. The Morgan fingerprint density at radius 3 is 2.42 bits per heavy atom. The Morgan fingerprint density at radius 2 is 1.92 bits per heavy atom. The molecule has 0 nitrogen and oxygen atoms in total. The molecule has 0 aliphatic carbocycles. The van der Waals surface area contributed by atoms with Crippen LogP contribution in [0, 0.1) is 0 Å². The van der Waals surface area contributed by atoms with Crippen molar-refractivity contribution in [3.05, 3.63) is 11.0 Å². The van der Waals surface area contributed by atoms with Crippen molar-refractivity contribution in [3.8, 4) is 0 Å². The first kappa shape index (κ1) is 12.1. The Hall–Kier alpha value is 0.0900. The highest BCUT2D eigenvalue weighted by molar-refractivity contribution is 8.03. The van der Waals surface area contributed by atoms with Gasteiger partial charge >= 0.3 is 0 Å². The molecule has 0 N–H and O–H groups in total. The highest BCUT2D eigenvalue weighted by atomic mass is 32.2. The lowest BCUT2D eigenvalue weighted by Gasteiger charge is -2.04.